The Kier molecular flexibility index (Phi) is 4.81. The Balaban J connectivity index is 1.67. The zero-order valence-corrected chi connectivity index (χ0v) is 14.4. The molecule has 3 N–H and O–H groups in total. The van der Waals surface area contributed by atoms with Gasteiger partial charge in [-0.15, -0.1) is 0 Å². The Labute approximate surface area is 150 Å². The molecule has 2 aromatic carbocycles. The first-order valence-corrected chi connectivity index (χ1v) is 8.24. The highest BCUT2D eigenvalue weighted by atomic mass is 35.5. The van der Waals surface area contributed by atoms with E-state index in [1.165, 1.54) is 4.90 Å². The molecule has 7 heteroatoms. The number of carboxylic acid groups (broad SMARTS) is 1. The van der Waals surface area contributed by atoms with Gasteiger partial charge in [0.2, 0.25) is 0 Å². The number of nitrogens with zero attached hydrogens (tertiary/aromatic N) is 1. The van der Waals surface area contributed by atoms with Crippen molar-refractivity contribution in [2.75, 3.05) is 17.2 Å². The van der Waals surface area contributed by atoms with Gasteiger partial charge < -0.3 is 20.6 Å². The monoisotopic (exact) mass is 359 g/mol. The third-order valence-corrected chi connectivity index (χ3v) is 4.43. The van der Waals surface area contributed by atoms with Gasteiger partial charge in [0.15, 0.2) is 0 Å². The Bertz CT molecular complexity index is 838. The van der Waals surface area contributed by atoms with E-state index in [4.69, 9.17) is 16.7 Å². The molecule has 1 aliphatic rings. The molecule has 130 valence electrons. The fourth-order valence-electron chi connectivity index (χ4n) is 2.80. The van der Waals surface area contributed by atoms with Crippen molar-refractivity contribution in [3.8, 4) is 0 Å². The quantitative estimate of drug-likeness (QED) is 0.746. The van der Waals surface area contributed by atoms with Gasteiger partial charge in [-0.05, 0) is 54.3 Å². The van der Waals surface area contributed by atoms with Crippen LogP contribution in [0.25, 0.3) is 0 Å². The van der Waals surface area contributed by atoms with E-state index >= 15 is 0 Å². The fourth-order valence-corrected chi connectivity index (χ4v) is 3.08. The Morgan fingerprint density at radius 2 is 1.92 bits per heavy atom. The zero-order chi connectivity index (χ0) is 18.0. The Hall–Kier alpha value is -2.73. The number of anilines is 2. The second-order valence-electron chi connectivity index (χ2n) is 6.00. The third-order valence-electron chi connectivity index (χ3n) is 4.12. The highest BCUT2D eigenvalue weighted by Gasteiger charge is 2.20. The zero-order valence-electron chi connectivity index (χ0n) is 13.7. The minimum atomic E-state index is -0.915. The van der Waals surface area contributed by atoms with Crippen molar-refractivity contribution >= 4 is 35.1 Å². The number of rotatable bonds is 2. The lowest BCUT2D eigenvalue weighted by Crippen LogP contribution is -2.34. The van der Waals surface area contributed by atoms with E-state index in [-0.39, 0.29) is 6.03 Å². The maximum atomic E-state index is 12.2. The third kappa shape index (κ3) is 4.03. The van der Waals surface area contributed by atoms with E-state index in [1.54, 1.807) is 18.2 Å². The van der Waals surface area contributed by atoms with Crippen LogP contribution in [0.2, 0.25) is 5.02 Å². The Morgan fingerprint density at radius 3 is 2.64 bits per heavy atom. The van der Waals surface area contributed by atoms with Crippen LogP contribution in [-0.4, -0.2) is 28.7 Å². The molecular formula is C18H18ClN3O3. The first-order chi connectivity index (χ1) is 11.9. The van der Waals surface area contributed by atoms with Gasteiger partial charge in [-0.1, -0.05) is 23.7 Å². The maximum Gasteiger partial charge on any atom is 0.407 e. The van der Waals surface area contributed by atoms with Gasteiger partial charge in [0.05, 0.1) is 10.7 Å². The van der Waals surface area contributed by atoms with Gasteiger partial charge in [-0.2, -0.15) is 0 Å². The van der Waals surface area contributed by atoms with Crippen molar-refractivity contribution in [2.24, 2.45) is 0 Å². The van der Waals surface area contributed by atoms with Crippen LogP contribution in [-0.2, 0) is 13.0 Å². The van der Waals surface area contributed by atoms with Crippen LogP contribution in [0.5, 0.6) is 0 Å². The second kappa shape index (κ2) is 7.03. The largest absolute Gasteiger partial charge is 0.465 e. The first-order valence-electron chi connectivity index (χ1n) is 7.86. The Morgan fingerprint density at radius 1 is 1.12 bits per heavy atom. The molecule has 3 rings (SSSR count). The number of urea groups is 1. The molecule has 0 aliphatic carbocycles. The van der Waals surface area contributed by atoms with Gasteiger partial charge in [0, 0.05) is 18.8 Å². The molecule has 2 aromatic rings. The molecule has 0 radical (unpaired) electrons. The van der Waals surface area contributed by atoms with E-state index in [0.29, 0.717) is 35.9 Å². The number of hydrogen-bond donors (Lipinski definition) is 3. The van der Waals surface area contributed by atoms with Crippen LogP contribution in [0.1, 0.15) is 16.7 Å². The molecule has 0 spiro atoms. The summed E-state index contributed by atoms with van der Waals surface area (Å²) in [6.45, 7) is 2.75. The number of nitrogens with one attached hydrogen (secondary N) is 2. The maximum absolute atomic E-state index is 12.2. The van der Waals surface area contributed by atoms with Gasteiger partial charge in [-0.25, -0.2) is 9.59 Å². The summed E-state index contributed by atoms with van der Waals surface area (Å²) in [5.74, 6) is 0. The van der Waals surface area contributed by atoms with Gasteiger partial charge in [0.25, 0.3) is 0 Å². The molecule has 6 nitrogen and oxygen atoms in total. The standard InChI is InChI=1S/C18H18ClN3O3/c1-11-2-5-16(15(19)8-11)21-17(23)20-14-4-3-13-10-22(18(24)25)7-6-12(13)9-14/h2-5,8-9H,6-7,10H2,1H3,(H,24,25)(H2,20,21,23). The molecule has 0 unspecified atom stereocenters. The van der Waals surface area contributed by atoms with Crippen LogP contribution in [0, 0.1) is 6.92 Å². The molecule has 0 bridgehead atoms. The molecule has 25 heavy (non-hydrogen) atoms. The molecule has 3 amide bonds. The summed E-state index contributed by atoms with van der Waals surface area (Å²) in [6, 6.07) is 10.5. The van der Waals surface area contributed by atoms with Crippen molar-refractivity contribution in [1.82, 2.24) is 4.90 Å². The van der Waals surface area contributed by atoms with Gasteiger partial charge >= 0.3 is 12.1 Å². The summed E-state index contributed by atoms with van der Waals surface area (Å²) in [5, 5.41) is 15.0. The molecule has 0 aromatic heterocycles. The SMILES string of the molecule is Cc1ccc(NC(=O)Nc2ccc3c(c2)CCN(C(=O)O)C3)c(Cl)c1. The second-order valence-corrected chi connectivity index (χ2v) is 6.41. The van der Waals surface area contributed by atoms with Crippen molar-refractivity contribution < 1.29 is 14.7 Å². The van der Waals surface area contributed by atoms with Crippen LogP contribution >= 0.6 is 11.6 Å². The van der Waals surface area contributed by atoms with Crippen molar-refractivity contribution in [1.29, 1.82) is 0 Å². The highest BCUT2D eigenvalue weighted by molar-refractivity contribution is 6.33. The predicted octanol–water partition coefficient (Wildman–Crippen LogP) is 4.33. The van der Waals surface area contributed by atoms with E-state index < -0.39 is 6.09 Å². The van der Waals surface area contributed by atoms with Crippen LogP contribution in [0.15, 0.2) is 36.4 Å². The van der Waals surface area contributed by atoms with E-state index in [0.717, 1.165) is 16.7 Å². The lowest BCUT2D eigenvalue weighted by atomic mass is 9.99. The fraction of sp³-hybridized carbons (Fsp3) is 0.222. The number of hydrogen-bond acceptors (Lipinski definition) is 2. The summed E-state index contributed by atoms with van der Waals surface area (Å²) in [4.78, 5) is 24.6. The van der Waals surface area contributed by atoms with Crippen molar-refractivity contribution in [2.45, 2.75) is 19.9 Å². The molecule has 0 saturated carbocycles. The molecule has 0 atom stereocenters. The summed E-state index contributed by atoms with van der Waals surface area (Å²) in [6.07, 6.45) is -0.287. The molecule has 1 heterocycles. The summed E-state index contributed by atoms with van der Waals surface area (Å²) in [7, 11) is 0. The number of benzene rings is 2. The number of halogens is 1. The van der Waals surface area contributed by atoms with E-state index in [2.05, 4.69) is 10.6 Å². The topological polar surface area (TPSA) is 81.7 Å². The number of carbonyl (C=O) groups is 2. The highest BCUT2D eigenvalue weighted by Crippen LogP contribution is 2.25. The first kappa shape index (κ1) is 17.1. The van der Waals surface area contributed by atoms with Crippen molar-refractivity contribution in [3.63, 3.8) is 0 Å². The average molecular weight is 360 g/mol. The predicted molar refractivity (Wildman–Crippen MR) is 97.4 cm³/mol. The summed E-state index contributed by atoms with van der Waals surface area (Å²) < 4.78 is 0. The lowest BCUT2D eigenvalue weighted by molar-refractivity contribution is 0.140. The molecule has 1 aliphatic heterocycles. The minimum Gasteiger partial charge on any atom is -0.465 e. The molecule has 0 saturated heterocycles. The summed E-state index contributed by atoms with van der Waals surface area (Å²) in [5.41, 5.74) is 4.22. The van der Waals surface area contributed by atoms with Crippen LogP contribution < -0.4 is 10.6 Å². The number of carbonyl (C=O) groups excluding carboxylic acids is 1. The number of aryl methyl sites for hydroxylation is 1. The van der Waals surface area contributed by atoms with E-state index in [9.17, 15) is 9.59 Å². The van der Waals surface area contributed by atoms with Gasteiger partial charge in [0.1, 0.15) is 0 Å². The van der Waals surface area contributed by atoms with Crippen molar-refractivity contribution in [3.05, 3.63) is 58.1 Å². The average Bonchev–Trinajstić information content (AvgIpc) is 2.57. The minimum absolute atomic E-state index is 0.371. The van der Waals surface area contributed by atoms with Gasteiger partial charge in [-0.3, -0.25) is 0 Å². The van der Waals surface area contributed by atoms with Crippen LogP contribution in [0.4, 0.5) is 21.0 Å². The van der Waals surface area contributed by atoms with Crippen LogP contribution in [0.3, 0.4) is 0 Å². The number of amides is 3. The smallest absolute Gasteiger partial charge is 0.407 e. The lowest BCUT2D eigenvalue weighted by Gasteiger charge is -2.26. The van der Waals surface area contributed by atoms with E-state index in [1.807, 2.05) is 25.1 Å². The summed E-state index contributed by atoms with van der Waals surface area (Å²) >= 11 is 6.12. The number of fused-ring (bicyclic) bond motifs is 1. The normalized spacial score (nSPS) is 13.1. The molecule has 0 fully saturated rings. The molecular weight excluding hydrogens is 342 g/mol.